The van der Waals surface area contributed by atoms with E-state index in [1.165, 1.54) is 43.8 Å². The zero-order chi connectivity index (χ0) is 30.7. The summed E-state index contributed by atoms with van der Waals surface area (Å²) in [4.78, 5) is 35.7. The number of carbonyl (C=O) groups is 2. The van der Waals surface area contributed by atoms with Gasteiger partial charge in [0.1, 0.15) is 18.6 Å². The van der Waals surface area contributed by atoms with Crippen LogP contribution in [0.15, 0.2) is 72.4 Å². The lowest BCUT2D eigenvalue weighted by molar-refractivity contribution is 0.0566. The second-order valence-corrected chi connectivity index (χ2v) is 10.1. The molecule has 0 unspecified atom stereocenters. The van der Waals surface area contributed by atoms with Gasteiger partial charge < -0.3 is 15.8 Å². The molecule has 4 aromatic rings. The van der Waals surface area contributed by atoms with Gasteiger partial charge in [0.15, 0.2) is 5.96 Å². The number of alkyl halides is 2. The van der Waals surface area contributed by atoms with Crippen LogP contribution in [0.25, 0.3) is 22.4 Å². The van der Waals surface area contributed by atoms with Crippen LogP contribution < -0.4 is 11.1 Å². The fraction of sp³-hybridized carbons (Fsp3) is 0.250. The van der Waals surface area contributed by atoms with E-state index in [2.05, 4.69) is 20.4 Å². The molecule has 15 heteroatoms. The molecule has 0 aliphatic heterocycles. The highest BCUT2D eigenvalue weighted by atomic mass is 35.5. The van der Waals surface area contributed by atoms with Gasteiger partial charge in [-0.3, -0.25) is 14.7 Å². The molecule has 11 nitrogen and oxygen atoms in total. The number of aromatic nitrogens is 4. The van der Waals surface area contributed by atoms with Crippen molar-refractivity contribution in [2.75, 3.05) is 13.7 Å². The number of hydrogen-bond donors (Lipinski definition) is 2. The highest BCUT2D eigenvalue weighted by Gasteiger charge is 2.32. The van der Waals surface area contributed by atoms with E-state index in [0.29, 0.717) is 26.2 Å². The maximum atomic E-state index is 14.4. The van der Waals surface area contributed by atoms with Crippen LogP contribution in [0.5, 0.6) is 0 Å². The number of nitrogens with zero attached hydrogens (tertiary/aromatic N) is 6. The molecule has 1 saturated carbocycles. The zero-order valence-electron chi connectivity index (χ0n) is 22.7. The van der Waals surface area contributed by atoms with Gasteiger partial charge in [0.2, 0.25) is 0 Å². The van der Waals surface area contributed by atoms with E-state index in [1.54, 1.807) is 24.3 Å². The van der Waals surface area contributed by atoms with Crippen molar-refractivity contribution in [3.8, 4) is 22.4 Å². The number of nitrogens with one attached hydrogen (secondary N) is 1. The third-order valence-electron chi connectivity index (χ3n) is 6.79. The Morgan fingerprint density at radius 1 is 1.19 bits per heavy atom. The summed E-state index contributed by atoms with van der Waals surface area (Å²) in [5, 5.41) is 6.58. The Bertz CT molecular complexity index is 1650. The summed E-state index contributed by atoms with van der Waals surface area (Å²) < 4.78 is 46.3. The normalized spacial score (nSPS) is 14.0. The number of nitrogens with two attached hydrogens (primary N) is 1. The lowest BCUT2D eigenvalue weighted by Crippen LogP contribution is -2.46. The Labute approximate surface area is 248 Å². The Morgan fingerprint density at radius 3 is 2.53 bits per heavy atom. The predicted molar refractivity (Wildman–Crippen MR) is 152 cm³/mol. The molecule has 2 aromatic carbocycles. The van der Waals surface area contributed by atoms with Crippen molar-refractivity contribution < 1.29 is 27.6 Å². The molecule has 5 rings (SSSR count). The van der Waals surface area contributed by atoms with Crippen LogP contribution in [0.1, 0.15) is 41.4 Å². The molecule has 2 amide bonds. The van der Waals surface area contributed by atoms with Crippen molar-refractivity contribution in [3.05, 3.63) is 83.5 Å². The summed E-state index contributed by atoms with van der Waals surface area (Å²) in [6.45, 7) is -3.12. The Hall–Kier alpha value is -4.85. The van der Waals surface area contributed by atoms with E-state index in [4.69, 9.17) is 22.1 Å². The first-order valence-electron chi connectivity index (χ1n) is 13.1. The first kappa shape index (κ1) is 29.6. The maximum absolute atomic E-state index is 14.4. The number of imidazole rings is 1. The highest BCUT2D eigenvalue weighted by Crippen LogP contribution is 2.33. The first-order chi connectivity index (χ1) is 20.7. The molecule has 2 aromatic heterocycles. The van der Waals surface area contributed by atoms with Gasteiger partial charge in [-0.25, -0.2) is 14.5 Å². The molecule has 0 saturated heterocycles. The maximum Gasteiger partial charge on any atom is 0.407 e. The zero-order valence-corrected chi connectivity index (χ0v) is 23.5. The molecule has 2 heterocycles. The number of rotatable bonds is 9. The average molecular weight is 615 g/mol. The molecular formula is C28H26ClF3N8O3. The van der Waals surface area contributed by atoms with Crippen molar-refractivity contribution in [3.63, 3.8) is 0 Å². The molecule has 224 valence electrons. The van der Waals surface area contributed by atoms with Gasteiger partial charge in [0, 0.05) is 36.0 Å². The number of hydrogen-bond acceptors (Lipinski definition) is 6. The number of carbonyl (C=O) groups excluding carboxylic acids is 2. The van der Waals surface area contributed by atoms with Crippen molar-refractivity contribution in [2.24, 2.45) is 10.7 Å². The summed E-state index contributed by atoms with van der Waals surface area (Å²) in [6, 6.07) is 9.84. The molecule has 0 radical (unpaired) electrons. The van der Waals surface area contributed by atoms with Gasteiger partial charge in [0.25, 0.3) is 5.91 Å². The number of guanidine groups is 1. The van der Waals surface area contributed by atoms with E-state index in [9.17, 15) is 22.9 Å². The smallest absolute Gasteiger partial charge is 0.407 e. The average Bonchev–Trinajstić information content (AvgIpc) is 3.47. The monoisotopic (exact) mass is 614 g/mol. The van der Waals surface area contributed by atoms with Crippen LogP contribution in [-0.4, -0.2) is 62.1 Å². The molecule has 1 aliphatic carbocycles. The van der Waals surface area contributed by atoms with Crippen LogP contribution in [0.3, 0.4) is 0 Å². The van der Waals surface area contributed by atoms with Gasteiger partial charge >= 0.3 is 12.6 Å². The molecular weight excluding hydrogens is 589 g/mol. The second-order valence-electron chi connectivity index (χ2n) is 9.68. The fourth-order valence-corrected chi connectivity index (χ4v) is 4.59. The number of alkyl carbamates (subject to hydrolysis) is 1. The van der Waals surface area contributed by atoms with E-state index in [-0.39, 0.29) is 40.5 Å². The van der Waals surface area contributed by atoms with Crippen molar-refractivity contribution >= 4 is 29.6 Å². The van der Waals surface area contributed by atoms with Crippen molar-refractivity contribution in [2.45, 2.75) is 31.5 Å². The fourth-order valence-electron chi connectivity index (χ4n) is 4.37. The van der Waals surface area contributed by atoms with Crippen LogP contribution in [0, 0.1) is 0 Å². The highest BCUT2D eigenvalue weighted by molar-refractivity contribution is 6.33. The van der Waals surface area contributed by atoms with Gasteiger partial charge in [-0.2, -0.15) is 18.7 Å². The molecule has 43 heavy (non-hydrogen) atoms. The number of halogens is 4. The summed E-state index contributed by atoms with van der Waals surface area (Å²) in [6.07, 6.45) is 5.76. The lowest BCUT2D eigenvalue weighted by Gasteiger charge is -2.31. The number of ether oxygens (including phenoxy) is 1. The number of amides is 2. The molecule has 0 spiro atoms. The largest absolute Gasteiger partial charge is 0.447 e. The van der Waals surface area contributed by atoms with Crippen LogP contribution in [0.4, 0.5) is 18.1 Å². The van der Waals surface area contributed by atoms with E-state index >= 15 is 0 Å². The molecule has 0 bridgehead atoms. The van der Waals surface area contributed by atoms with E-state index in [1.807, 2.05) is 0 Å². The summed E-state index contributed by atoms with van der Waals surface area (Å²) >= 11 is 6.39. The third-order valence-corrected chi connectivity index (χ3v) is 7.12. The number of benzene rings is 2. The van der Waals surface area contributed by atoms with E-state index in [0.717, 1.165) is 24.1 Å². The minimum Gasteiger partial charge on any atom is -0.447 e. The molecule has 3 N–H and O–H groups in total. The standard InChI is InChI=1S/C28H26ClF3N8O3/c1-34-27(33)40(25(41)17-4-2-16(3-5-17)19-11-36-39(13-19)26(30)31)24(14-43-28(42)37-20-7-8-20)18-6-9-22(29)21(10-18)23-12-35-15-38(23)32/h2-6,9-13,15,20,24,26H,7-8,14H2,1H3,(H2,33,34)(H,37,42)/t24-/m1/s1. The van der Waals surface area contributed by atoms with Crippen LogP contribution in [-0.2, 0) is 4.74 Å². The van der Waals surface area contributed by atoms with Crippen LogP contribution in [0.2, 0.25) is 5.02 Å². The Morgan fingerprint density at radius 2 is 1.93 bits per heavy atom. The molecule has 1 atom stereocenters. The number of aliphatic imine (C=N–C) groups is 1. The third kappa shape index (κ3) is 6.64. The van der Waals surface area contributed by atoms with Crippen molar-refractivity contribution in [1.82, 2.24) is 29.8 Å². The Kier molecular flexibility index (Phi) is 8.66. The first-order valence-corrected chi connectivity index (χ1v) is 13.4. The molecule has 1 aliphatic rings. The molecule has 1 fully saturated rings. The summed E-state index contributed by atoms with van der Waals surface area (Å²) in [5.41, 5.74) is 8.17. The predicted octanol–water partition coefficient (Wildman–Crippen LogP) is 5.21. The lowest BCUT2D eigenvalue weighted by atomic mass is 10.0. The minimum absolute atomic E-state index is 0.0317. The topological polar surface area (TPSA) is 133 Å². The van der Waals surface area contributed by atoms with Gasteiger partial charge in [-0.1, -0.05) is 34.3 Å². The second kappa shape index (κ2) is 12.6. The van der Waals surface area contributed by atoms with Gasteiger partial charge in [-0.05, 0) is 48.2 Å². The van der Waals surface area contributed by atoms with Gasteiger partial charge in [0.05, 0.1) is 23.5 Å². The van der Waals surface area contributed by atoms with E-state index < -0.39 is 24.6 Å². The SMILES string of the molecule is CN=C(N)N(C(=O)c1ccc(-c2cnn(C(F)F)c2)cc1)[C@H](COC(=O)NC1CC1)c1ccc(Cl)c(-c2cncn2F)c1. The van der Waals surface area contributed by atoms with Crippen LogP contribution >= 0.6 is 11.6 Å². The van der Waals surface area contributed by atoms with Crippen molar-refractivity contribution in [1.29, 1.82) is 0 Å². The summed E-state index contributed by atoms with van der Waals surface area (Å²) in [7, 11) is 1.39. The Balaban J connectivity index is 1.50. The minimum atomic E-state index is -2.79. The quantitative estimate of drug-likeness (QED) is 0.196. The summed E-state index contributed by atoms with van der Waals surface area (Å²) in [5.74, 6) is -0.781. The van der Waals surface area contributed by atoms with Gasteiger partial charge in [-0.15, -0.1) is 0 Å².